The Morgan fingerprint density at radius 1 is 1.24 bits per heavy atom. The average molecular weight is 307 g/mol. The zero-order valence-electron chi connectivity index (χ0n) is 11.8. The molecule has 0 bridgehead atoms. The molecule has 0 aromatic carbocycles. The molecular formula is C14H20F3NO3. The number of carboxylic acids is 1. The van der Waals surface area contributed by atoms with Crippen LogP contribution in [-0.2, 0) is 9.59 Å². The van der Waals surface area contributed by atoms with E-state index in [0.717, 1.165) is 30.6 Å². The van der Waals surface area contributed by atoms with Crippen LogP contribution in [0.15, 0.2) is 0 Å². The first-order valence-electron chi connectivity index (χ1n) is 7.34. The fourth-order valence-electron chi connectivity index (χ4n) is 3.33. The smallest absolute Gasteiger partial charge is 0.406 e. The van der Waals surface area contributed by atoms with Gasteiger partial charge in [0, 0.05) is 19.5 Å². The van der Waals surface area contributed by atoms with Crippen LogP contribution in [0.3, 0.4) is 0 Å². The van der Waals surface area contributed by atoms with E-state index < -0.39 is 30.5 Å². The number of hydrogen-bond donors (Lipinski definition) is 1. The van der Waals surface area contributed by atoms with Gasteiger partial charge >= 0.3 is 12.1 Å². The number of amides is 1. The number of likely N-dealkylation sites (tertiary alicyclic amines) is 1. The molecule has 0 aromatic heterocycles. The Balaban J connectivity index is 1.93. The van der Waals surface area contributed by atoms with E-state index in [0.29, 0.717) is 12.3 Å². The average Bonchev–Trinajstić information content (AvgIpc) is 3.04. The maximum Gasteiger partial charge on any atom is 0.406 e. The summed E-state index contributed by atoms with van der Waals surface area (Å²) in [5.41, 5.74) is -2.80. The number of aliphatic carboxylic acids is 1. The highest BCUT2D eigenvalue weighted by Gasteiger charge is 2.64. The number of carbonyl (C=O) groups is 2. The van der Waals surface area contributed by atoms with E-state index >= 15 is 0 Å². The number of rotatable bonds is 4. The van der Waals surface area contributed by atoms with Crippen LogP contribution in [0.25, 0.3) is 0 Å². The second-order valence-corrected chi connectivity index (χ2v) is 6.14. The predicted molar refractivity (Wildman–Crippen MR) is 68.5 cm³/mol. The summed E-state index contributed by atoms with van der Waals surface area (Å²) in [6.45, 7) is -0.884. The van der Waals surface area contributed by atoms with Gasteiger partial charge in [-0.3, -0.25) is 9.59 Å². The van der Waals surface area contributed by atoms with Crippen molar-refractivity contribution in [1.82, 2.24) is 4.90 Å². The van der Waals surface area contributed by atoms with Crippen molar-refractivity contribution in [3.05, 3.63) is 0 Å². The summed E-state index contributed by atoms with van der Waals surface area (Å²) in [6.07, 6.45) is -0.0126. The lowest BCUT2D eigenvalue weighted by Crippen LogP contribution is -2.47. The molecule has 1 aliphatic heterocycles. The third kappa shape index (κ3) is 3.16. The van der Waals surface area contributed by atoms with E-state index in [1.807, 2.05) is 0 Å². The van der Waals surface area contributed by atoms with Crippen molar-refractivity contribution in [2.45, 2.75) is 51.1 Å². The highest BCUT2D eigenvalue weighted by molar-refractivity contribution is 5.81. The summed E-state index contributed by atoms with van der Waals surface area (Å²) < 4.78 is 39.0. The molecule has 1 amide bonds. The number of carboxylic acid groups (broad SMARTS) is 1. The summed E-state index contributed by atoms with van der Waals surface area (Å²) in [5, 5.41) is 8.94. The Labute approximate surface area is 121 Å². The zero-order valence-corrected chi connectivity index (χ0v) is 11.8. The van der Waals surface area contributed by atoms with Crippen LogP contribution in [0.5, 0.6) is 0 Å². The molecule has 1 saturated carbocycles. The lowest BCUT2D eigenvalue weighted by Gasteiger charge is -2.27. The van der Waals surface area contributed by atoms with Gasteiger partial charge in [-0.05, 0) is 18.8 Å². The molecule has 120 valence electrons. The Morgan fingerprint density at radius 2 is 1.86 bits per heavy atom. The highest BCUT2D eigenvalue weighted by atomic mass is 19.4. The van der Waals surface area contributed by atoms with Gasteiger partial charge in [0.1, 0.15) is 0 Å². The van der Waals surface area contributed by atoms with Gasteiger partial charge in [-0.1, -0.05) is 25.7 Å². The minimum absolute atomic E-state index is 0.130. The molecule has 21 heavy (non-hydrogen) atoms. The van der Waals surface area contributed by atoms with Crippen molar-refractivity contribution in [1.29, 1.82) is 0 Å². The molecule has 2 rings (SSSR count). The first-order chi connectivity index (χ1) is 9.76. The summed E-state index contributed by atoms with van der Waals surface area (Å²) in [4.78, 5) is 24.1. The van der Waals surface area contributed by atoms with Crippen molar-refractivity contribution in [2.75, 3.05) is 13.1 Å². The Kier molecular flexibility index (Phi) is 4.49. The summed E-state index contributed by atoms with van der Waals surface area (Å²) in [5.74, 6) is -1.75. The second kappa shape index (κ2) is 5.85. The number of carbonyl (C=O) groups excluding carboxylic acids is 1. The molecule has 1 saturated heterocycles. The van der Waals surface area contributed by atoms with Crippen molar-refractivity contribution >= 4 is 11.9 Å². The van der Waals surface area contributed by atoms with Crippen LogP contribution in [0.4, 0.5) is 13.2 Å². The van der Waals surface area contributed by atoms with Crippen LogP contribution in [-0.4, -0.2) is 41.1 Å². The molecule has 1 atom stereocenters. The summed E-state index contributed by atoms with van der Waals surface area (Å²) >= 11 is 0. The van der Waals surface area contributed by atoms with E-state index in [1.54, 1.807) is 0 Å². The van der Waals surface area contributed by atoms with Gasteiger partial charge in [0.15, 0.2) is 5.41 Å². The van der Waals surface area contributed by atoms with Crippen LogP contribution in [0.2, 0.25) is 0 Å². The normalized spacial score (nSPS) is 27.3. The van der Waals surface area contributed by atoms with Crippen molar-refractivity contribution in [3.8, 4) is 0 Å². The van der Waals surface area contributed by atoms with Crippen molar-refractivity contribution in [2.24, 2.45) is 11.3 Å². The van der Waals surface area contributed by atoms with E-state index in [4.69, 9.17) is 5.11 Å². The number of nitrogens with zero attached hydrogens (tertiary/aromatic N) is 1. The largest absolute Gasteiger partial charge is 0.481 e. The summed E-state index contributed by atoms with van der Waals surface area (Å²) in [7, 11) is 0. The minimum atomic E-state index is -4.83. The molecule has 4 nitrogen and oxygen atoms in total. The molecule has 0 spiro atoms. The standard InChI is InChI=1S/C14H20F3NO3/c15-14(16,17)13(12(20)21)7-8-18(9-13)11(19)6-5-10-3-1-2-4-10/h10H,1-9H2,(H,20,21). The molecule has 0 aromatic rings. The van der Waals surface area contributed by atoms with Crippen LogP contribution >= 0.6 is 0 Å². The number of halogens is 3. The molecule has 2 aliphatic rings. The molecule has 1 aliphatic carbocycles. The van der Waals surface area contributed by atoms with Crippen LogP contribution in [0, 0.1) is 11.3 Å². The second-order valence-electron chi connectivity index (χ2n) is 6.14. The topological polar surface area (TPSA) is 57.6 Å². The third-order valence-corrected chi connectivity index (χ3v) is 4.82. The van der Waals surface area contributed by atoms with Gasteiger partial charge in [-0.25, -0.2) is 0 Å². The lowest BCUT2D eigenvalue weighted by atomic mass is 9.86. The van der Waals surface area contributed by atoms with Crippen molar-refractivity contribution in [3.63, 3.8) is 0 Å². The quantitative estimate of drug-likeness (QED) is 0.869. The van der Waals surface area contributed by atoms with Crippen LogP contribution < -0.4 is 0 Å². The molecule has 1 unspecified atom stereocenters. The van der Waals surface area contributed by atoms with E-state index in [-0.39, 0.29) is 18.9 Å². The zero-order chi connectivity index (χ0) is 15.7. The molecule has 1 heterocycles. The molecule has 0 radical (unpaired) electrons. The first kappa shape index (κ1) is 16.1. The number of hydrogen-bond acceptors (Lipinski definition) is 2. The van der Waals surface area contributed by atoms with E-state index in [9.17, 15) is 22.8 Å². The SMILES string of the molecule is O=C(CCC1CCCC1)N1CCC(C(=O)O)(C(F)(F)F)C1. The van der Waals surface area contributed by atoms with Gasteiger partial charge in [-0.15, -0.1) is 0 Å². The Hall–Kier alpha value is -1.27. The fraction of sp³-hybridized carbons (Fsp3) is 0.857. The van der Waals surface area contributed by atoms with E-state index in [1.165, 1.54) is 0 Å². The third-order valence-electron chi connectivity index (χ3n) is 4.82. The van der Waals surface area contributed by atoms with Crippen molar-refractivity contribution < 1.29 is 27.9 Å². The lowest BCUT2D eigenvalue weighted by molar-refractivity contribution is -0.227. The molecular weight excluding hydrogens is 287 g/mol. The molecule has 7 heteroatoms. The van der Waals surface area contributed by atoms with Gasteiger partial charge in [0.05, 0.1) is 0 Å². The van der Waals surface area contributed by atoms with Gasteiger partial charge in [-0.2, -0.15) is 13.2 Å². The first-order valence-corrected chi connectivity index (χ1v) is 7.34. The van der Waals surface area contributed by atoms with Gasteiger partial charge in [0.2, 0.25) is 5.91 Å². The van der Waals surface area contributed by atoms with Crippen LogP contribution in [0.1, 0.15) is 44.9 Å². The minimum Gasteiger partial charge on any atom is -0.481 e. The predicted octanol–water partition coefficient (Wildman–Crippen LogP) is 2.82. The highest BCUT2D eigenvalue weighted by Crippen LogP contribution is 2.46. The van der Waals surface area contributed by atoms with Gasteiger partial charge < -0.3 is 10.0 Å². The van der Waals surface area contributed by atoms with E-state index in [2.05, 4.69) is 0 Å². The molecule has 1 N–H and O–H groups in total. The monoisotopic (exact) mass is 307 g/mol. The van der Waals surface area contributed by atoms with Gasteiger partial charge in [0.25, 0.3) is 0 Å². The maximum atomic E-state index is 13.0. The molecule has 2 fully saturated rings. The fourth-order valence-corrected chi connectivity index (χ4v) is 3.33. The summed E-state index contributed by atoms with van der Waals surface area (Å²) in [6, 6.07) is 0. The maximum absolute atomic E-state index is 13.0. The number of alkyl halides is 3. The Bertz CT molecular complexity index is 418. The Morgan fingerprint density at radius 3 is 2.33 bits per heavy atom.